The van der Waals surface area contributed by atoms with Crippen LogP contribution in [-0.2, 0) is 9.53 Å². The molecule has 18 heavy (non-hydrogen) atoms. The molecule has 2 atom stereocenters. The number of carboxylic acids is 1. The highest BCUT2D eigenvalue weighted by atomic mass is 16.5. The Labute approximate surface area is 106 Å². The Kier molecular flexibility index (Phi) is 6.01. The molecule has 6 nitrogen and oxygen atoms in total. The smallest absolute Gasteiger partial charge is 0.332 e. The number of urea groups is 1. The van der Waals surface area contributed by atoms with Crippen LogP contribution in [0.1, 0.15) is 26.2 Å². The zero-order valence-corrected chi connectivity index (χ0v) is 10.4. The highest BCUT2D eigenvalue weighted by molar-refractivity contribution is 5.74. The van der Waals surface area contributed by atoms with Crippen LogP contribution in [0.25, 0.3) is 0 Å². The van der Waals surface area contributed by atoms with Crippen molar-refractivity contribution in [1.29, 1.82) is 0 Å². The maximum absolute atomic E-state index is 11.3. The van der Waals surface area contributed by atoms with Gasteiger partial charge in [0.2, 0.25) is 0 Å². The minimum atomic E-state index is -0.944. The molecule has 0 saturated carbocycles. The molecule has 100 valence electrons. The number of carbonyl (C=O) groups excluding carboxylic acids is 1. The monoisotopic (exact) mass is 254 g/mol. The van der Waals surface area contributed by atoms with Gasteiger partial charge in [-0.15, -0.1) is 11.8 Å². The van der Waals surface area contributed by atoms with Crippen molar-refractivity contribution >= 4 is 12.0 Å². The van der Waals surface area contributed by atoms with E-state index in [1.165, 1.54) is 0 Å². The number of amides is 2. The number of aliphatic carboxylic acids is 1. The molecule has 0 aromatic heterocycles. The van der Waals surface area contributed by atoms with Gasteiger partial charge in [0.25, 0.3) is 0 Å². The van der Waals surface area contributed by atoms with E-state index in [-0.39, 0.29) is 12.1 Å². The third kappa shape index (κ3) is 5.06. The molecule has 1 fully saturated rings. The molecule has 6 heteroatoms. The zero-order valence-electron chi connectivity index (χ0n) is 10.4. The van der Waals surface area contributed by atoms with Crippen molar-refractivity contribution in [3.05, 3.63) is 0 Å². The van der Waals surface area contributed by atoms with Crippen molar-refractivity contribution in [1.82, 2.24) is 10.6 Å². The third-order valence-corrected chi connectivity index (χ3v) is 2.59. The summed E-state index contributed by atoms with van der Waals surface area (Å²) in [4.78, 5) is 22.0. The van der Waals surface area contributed by atoms with Crippen molar-refractivity contribution in [3.63, 3.8) is 0 Å². The van der Waals surface area contributed by atoms with Gasteiger partial charge in [-0.3, -0.25) is 0 Å². The van der Waals surface area contributed by atoms with Crippen molar-refractivity contribution in [3.8, 4) is 11.8 Å². The molecular weight excluding hydrogens is 236 g/mol. The minimum Gasteiger partial charge on any atom is -0.479 e. The first-order valence-corrected chi connectivity index (χ1v) is 5.93. The first-order valence-electron chi connectivity index (χ1n) is 5.93. The molecule has 0 bridgehead atoms. The average Bonchev–Trinajstić information content (AvgIpc) is 2.81. The minimum absolute atomic E-state index is 0.215. The number of hydrogen-bond donors (Lipinski definition) is 3. The van der Waals surface area contributed by atoms with Crippen LogP contribution in [0.4, 0.5) is 4.79 Å². The Morgan fingerprint density at radius 3 is 2.78 bits per heavy atom. The predicted molar refractivity (Wildman–Crippen MR) is 65.0 cm³/mol. The molecule has 1 saturated heterocycles. The van der Waals surface area contributed by atoms with Gasteiger partial charge in [0, 0.05) is 19.5 Å². The molecule has 3 N–H and O–H groups in total. The highest BCUT2D eigenvalue weighted by Gasteiger charge is 2.30. The second-order valence-electron chi connectivity index (χ2n) is 3.98. The maximum atomic E-state index is 11.3. The van der Waals surface area contributed by atoms with E-state index in [1.54, 1.807) is 6.92 Å². The Morgan fingerprint density at radius 1 is 1.39 bits per heavy atom. The van der Waals surface area contributed by atoms with Crippen LogP contribution < -0.4 is 10.6 Å². The van der Waals surface area contributed by atoms with Crippen molar-refractivity contribution in [2.45, 2.75) is 38.4 Å². The summed E-state index contributed by atoms with van der Waals surface area (Å²) in [6, 6.07) is -0.282. The maximum Gasteiger partial charge on any atom is 0.332 e. The summed E-state index contributed by atoms with van der Waals surface area (Å²) in [5.74, 6) is 4.63. The topological polar surface area (TPSA) is 87.7 Å². The second-order valence-corrected chi connectivity index (χ2v) is 3.98. The van der Waals surface area contributed by atoms with Gasteiger partial charge in [-0.1, -0.05) is 0 Å². The first kappa shape index (κ1) is 14.3. The molecule has 0 radical (unpaired) electrons. The lowest BCUT2D eigenvalue weighted by Gasteiger charge is -2.12. The van der Waals surface area contributed by atoms with Gasteiger partial charge in [-0.2, -0.15) is 0 Å². The van der Waals surface area contributed by atoms with Crippen LogP contribution in [0.15, 0.2) is 0 Å². The number of ether oxygens (including phenoxy) is 1. The van der Waals surface area contributed by atoms with Gasteiger partial charge in [-0.05, 0) is 19.8 Å². The van der Waals surface area contributed by atoms with Gasteiger partial charge in [0.1, 0.15) is 0 Å². The summed E-state index contributed by atoms with van der Waals surface area (Å²) in [7, 11) is 0. The van der Waals surface area contributed by atoms with E-state index in [0.717, 1.165) is 0 Å². The highest BCUT2D eigenvalue weighted by Crippen LogP contribution is 2.18. The molecule has 0 aliphatic carbocycles. The van der Waals surface area contributed by atoms with E-state index in [9.17, 15) is 9.59 Å². The molecule has 2 amide bonds. The lowest BCUT2D eigenvalue weighted by Crippen LogP contribution is -2.40. The number of carbonyl (C=O) groups is 2. The summed E-state index contributed by atoms with van der Waals surface area (Å²) in [5.41, 5.74) is 0. The molecule has 1 heterocycles. The lowest BCUT2D eigenvalue weighted by atomic mass is 10.2. The fourth-order valence-electron chi connectivity index (χ4n) is 1.67. The molecule has 1 aliphatic heterocycles. The van der Waals surface area contributed by atoms with Crippen LogP contribution >= 0.6 is 0 Å². The van der Waals surface area contributed by atoms with Crippen molar-refractivity contribution in [2.24, 2.45) is 0 Å². The molecule has 1 rings (SSSR count). The lowest BCUT2D eigenvalue weighted by molar-refractivity contribution is -0.149. The van der Waals surface area contributed by atoms with Gasteiger partial charge >= 0.3 is 12.0 Å². The predicted octanol–water partition coefficient (Wildman–Crippen LogP) is 0.331. The van der Waals surface area contributed by atoms with Crippen LogP contribution in [0.2, 0.25) is 0 Å². The first-order chi connectivity index (χ1) is 8.63. The molecular formula is C12H18N2O4. The Bertz CT molecular complexity index is 359. The standard InChI is InChI=1S/C12H18N2O4/c1-2-3-4-7-13-12(17)14-8-9-5-6-10(18-9)11(15)16/h9-10H,4-8H2,1H3,(H,15,16)(H2,13,14,17). The van der Waals surface area contributed by atoms with Gasteiger partial charge in [-0.25, -0.2) is 9.59 Å². The fraction of sp³-hybridized carbons (Fsp3) is 0.667. The molecule has 1 aliphatic rings. The molecule has 0 aromatic rings. The summed E-state index contributed by atoms with van der Waals surface area (Å²) in [5, 5.41) is 14.0. The average molecular weight is 254 g/mol. The van der Waals surface area contributed by atoms with Gasteiger partial charge < -0.3 is 20.5 Å². The van der Waals surface area contributed by atoms with Crippen molar-refractivity contribution < 1.29 is 19.4 Å². The van der Waals surface area contributed by atoms with E-state index in [1.807, 2.05) is 0 Å². The van der Waals surface area contributed by atoms with E-state index in [2.05, 4.69) is 22.5 Å². The van der Waals surface area contributed by atoms with Crippen LogP contribution in [-0.4, -0.2) is 42.4 Å². The van der Waals surface area contributed by atoms with Gasteiger partial charge in [0.15, 0.2) is 6.10 Å². The summed E-state index contributed by atoms with van der Waals surface area (Å²) in [6.45, 7) is 2.57. The Hall–Kier alpha value is -1.74. The fourth-order valence-corrected chi connectivity index (χ4v) is 1.67. The molecule has 0 spiro atoms. The zero-order chi connectivity index (χ0) is 13.4. The quantitative estimate of drug-likeness (QED) is 0.487. The molecule has 2 unspecified atom stereocenters. The second kappa shape index (κ2) is 7.56. The number of carboxylic acid groups (broad SMARTS) is 1. The van der Waals surface area contributed by atoms with Crippen molar-refractivity contribution in [2.75, 3.05) is 13.1 Å². The Morgan fingerprint density at radius 2 is 2.17 bits per heavy atom. The normalized spacial score (nSPS) is 21.8. The third-order valence-electron chi connectivity index (χ3n) is 2.59. The van der Waals surface area contributed by atoms with Gasteiger partial charge in [0.05, 0.1) is 6.10 Å². The summed E-state index contributed by atoms with van der Waals surface area (Å²) in [6.07, 6.45) is 0.811. The SMILES string of the molecule is CC#CCCNC(=O)NCC1CCC(C(=O)O)O1. The summed E-state index contributed by atoms with van der Waals surface area (Å²) >= 11 is 0. The molecule has 0 aromatic carbocycles. The number of nitrogens with one attached hydrogen (secondary N) is 2. The van der Waals surface area contributed by atoms with E-state index in [0.29, 0.717) is 32.4 Å². The summed E-state index contributed by atoms with van der Waals surface area (Å²) < 4.78 is 5.25. The van der Waals surface area contributed by atoms with E-state index < -0.39 is 12.1 Å². The largest absolute Gasteiger partial charge is 0.479 e. The van der Waals surface area contributed by atoms with Crippen LogP contribution in [0.3, 0.4) is 0 Å². The van der Waals surface area contributed by atoms with E-state index in [4.69, 9.17) is 9.84 Å². The number of rotatable bonds is 5. The number of hydrogen-bond acceptors (Lipinski definition) is 3. The van der Waals surface area contributed by atoms with Crippen LogP contribution in [0.5, 0.6) is 0 Å². The van der Waals surface area contributed by atoms with Crippen LogP contribution in [0, 0.1) is 11.8 Å². The van der Waals surface area contributed by atoms with E-state index >= 15 is 0 Å². The Balaban J connectivity index is 2.11.